The number of methoxy groups -OCH3 is 1. The number of halogens is 1. The van der Waals surface area contributed by atoms with Gasteiger partial charge in [-0.05, 0) is 15.9 Å². The van der Waals surface area contributed by atoms with E-state index in [1.165, 1.54) is 7.11 Å². The summed E-state index contributed by atoms with van der Waals surface area (Å²) in [5.41, 5.74) is 7.29. The highest BCUT2D eigenvalue weighted by molar-refractivity contribution is 9.10. The molecule has 16 heavy (non-hydrogen) atoms. The summed E-state index contributed by atoms with van der Waals surface area (Å²) in [6, 6.07) is 0. The van der Waals surface area contributed by atoms with Crippen LogP contribution in [0.3, 0.4) is 0 Å². The van der Waals surface area contributed by atoms with Crippen LogP contribution < -0.4 is 5.73 Å². The summed E-state index contributed by atoms with van der Waals surface area (Å²) < 4.78 is 6.86. The van der Waals surface area contributed by atoms with Crippen LogP contribution in [-0.4, -0.2) is 27.6 Å². The molecule has 0 unspecified atom stereocenters. The molecule has 2 aromatic rings. The highest BCUT2D eigenvalue weighted by Gasteiger charge is 2.19. The van der Waals surface area contributed by atoms with E-state index in [4.69, 9.17) is 5.73 Å². The van der Waals surface area contributed by atoms with Gasteiger partial charge >= 0.3 is 5.97 Å². The van der Waals surface area contributed by atoms with Crippen LogP contribution in [0.25, 0.3) is 11.2 Å². The van der Waals surface area contributed by atoms with Gasteiger partial charge in [0.05, 0.1) is 23.6 Å². The maximum Gasteiger partial charge on any atom is 0.358 e. The van der Waals surface area contributed by atoms with Gasteiger partial charge in [-0.15, -0.1) is 0 Å². The third-order valence-corrected chi connectivity index (χ3v) is 3.00. The number of anilines is 1. The van der Waals surface area contributed by atoms with Crippen molar-refractivity contribution < 1.29 is 9.53 Å². The van der Waals surface area contributed by atoms with E-state index in [2.05, 4.69) is 30.6 Å². The molecule has 6 nitrogen and oxygen atoms in total. The van der Waals surface area contributed by atoms with Crippen LogP contribution in [0.1, 0.15) is 10.5 Å². The molecule has 2 aromatic heterocycles. The number of fused-ring (bicyclic) bond motifs is 1. The van der Waals surface area contributed by atoms with Crippen molar-refractivity contribution in [1.29, 1.82) is 0 Å². The second-order valence-electron chi connectivity index (χ2n) is 3.21. The fourth-order valence-electron chi connectivity index (χ4n) is 1.36. The first-order valence-electron chi connectivity index (χ1n) is 4.40. The zero-order valence-electron chi connectivity index (χ0n) is 8.69. The molecule has 0 fully saturated rings. The van der Waals surface area contributed by atoms with Gasteiger partial charge in [0.1, 0.15) is 5.52 Å². The molecular formula is C9H9BrN4O2. The van der Waals surface area contributed by atoms with Gasteiger partial charge < -0.3 is 15.0 Å². The van der Waals surface area contributed by atoms with E-state index in [0.717, 1.165) is 0 Å². The second-order valence-corrected chi connectivity index (χ2v) is 4.00. The van der Waals surface area contributed by atoms with Crippen LogP contribution in [0.2, 0.25) is 0 Å². The van der Waals surface area contributed by atoms with Crippen molar-refractivity contribution in [2.24, 2.45) is 7.05 Å². The smallest absolute Gasteiger partial charge is 0.358 e. The Kier molecular flexibility index (Phi) is 2.55. The van der Waals surface area contributed by atoms with Crippen LogP contribution in [0.4, 0.5) is 5.69 Å². The number of rotatable bonds is 1. The number of aromatic nitrogens is 3. The van der Waals surface area contributed by atoms with Crippen molar-refractivity contribution in [1.82, 2.24) is 14.5 Å². The summed E-state index contributed by atoms with van der Waals surface area (Å²) in [4.78, 5) is 19.7. The first kappa shape index (κ1) is 10.9. The van der Waals surface area contributed by atoms with Crippen molar-refractivity contribution in [3.8, 4) is 0 Å². The lowest BCUT2D eigenvalue weighted by Gasteiger charge is -2.05. The fourth-order valence-corrected chi connectivity index (χ4v) is 1.83. The number of pyridine rings is 1. The van der Waals surface area contributed by atoms with E-state index in [9.17, 15) is 4.79 Å². The van der Waals surface area contributed by atoms with E-state index < -0.39 is 5.97 Å². The van der Waals surface area contributed by atoms with Crippen LogP contribution >= 0.6 is 15.9 Å². The molecule has 0 saturated carbocycles. The van der Waals surface area contributed by atoms with Crippen LogP contribution in [0.15, 0.2) is 10.8 Å². The number of hydrogen-bond acceptors (Lipinski definition) is 5. The number of carbonyl (C=O) groups excluding carboxylic acids is 1. The molecule has 0 radical (unpaired) electrons. The standard InChI is InChI=1S/C9H9BrN4O2/c1-14-3-12-6-4(10)5(11)7(9(15)16-2)13-8(6)14/h3H,11H2,1-2H3. The first-order valence-corrected chi connectivity index (χ1v) is 5.20. The highest BCUT2D eigenvalue weighted by Crippen LogP contribution is 2.29. The minimum atomic E-state index is -0.568. The SMILES string of the molecule is COC(=O)c1nc2c(ncn2C)c(Br)c1N. The van der Waals surface area contributed by atoms with E-state index in [1.54, 1.807) is 17.9 Å². The van der Waals surface area contributed by atoms with Gasteiger partial charge in [-0.1, -0.05) is 0 Å². The number of nitrogens with two attached hydrogens (primary N) is 1. The molecule has 0 saturated heterocycles. The maximum absolute atomic E-state index is 11.4. The molecule has 0 aromatic carbocycles. The number of hydrogen-bond donors (Lipinski definition) is 1. The molecule has 0 spiro atoms. The van der Waals surface area contributed by atoms with E-state index in [-0.39, 0.29) is 11.4 Å². The zero-order valence-corrected chi connectivity index (χ0v) is 10.3. The Hall–Kier alpha value is -1.63. The van der Waals surface area contributed by atoms with Gasteiger partial charge in [0, 0.05) is 7.05 Å². The van der Waals surface area contributed by atoms with Gasteiger partial charge in [-0.25, -0.2) is 14.8 Å². The molecular weight excluding hydrogens is 276 g/mol. The maximum atomic E-state index is 11.4. The van der Waals surface area contributed by atoms with Crippen molar-refractivity contribution in [2.45, 2.75) is 0 Å². The van der Waals surface area contributed by atoms with Crippen molar-refractivity contribution >= 4 is 38.8 Å². The minimum Gasteiger partial charge on any atom is -0.464 e. The summed E-state index contributed by atoms with van der Waals surface area (Å²) in [6.45, 7) is 0. The van der Waals surface area contributed by atoms with Crippen LogP contribution in [0, 0.1) is 0 Å². The highest BCUT2D eigenvalue weighted by atomic mass is 79.9. The predicted octanol–water partition coefficient (Wildman–Crippen LogP) is 1.10. The number of imidazole rings is 1. The Morgan fingerprint density at radius 1 is 1.62 bits per heavy atom. The van der Waals surface area contributed by atoms with Crippen LogP contribution in [0.5, 0.6) is 0 Å². The Morgan fingerprint density at radius 3 is 2.94 bits per heavy atom. The molecule has 2 N–H and O–H groups in total. The van der Waals surface area contributed by atoms with Crippen molar-refractivity contribution in [3.05, 3.63) is 16.5 Å². The number of esters is 1. The number of carbonyl (C=O) groups is 1. The van der Waals surface area contributed by atoms with Gasteiger partial charge in [0.25, 0.3) is 0 Å². The lowest BCUT2D eigenvalue weighted by molar-refractivity contribution is 0.0595. The molecule has 0 aliphatic rings. The number of aryl methyl sites for hydroxylation is 1. The molecule has 7 heteroatoms. The monoisotopic (exact) mass is 284 g/mol. The summed E-state index contributed by atoms with van der Waals surface area (Å²) in [7, 11) is 3.07. The lowest BCUT2D eigenvalue weighted by atomic mass is 10.3. The fraction of sp³-hybridized carbons (Fsp3) is 0.222. The third kappa shape index (κ3) is 1.44. The lowest BCUT2D eigenvalue weighted by Crippen LogP contribution is -2.10. The quantitative estimate of drug-likeness (QED) is 0.793. The Balaban J connectivity index is 2.81. The number of nitrogen functional groups attached to an aromatic ring is 1. The summed E-state index contributed by atoms with van der Waals surface area (Å²) in [5.74, 6) is -0.568. The summed E-state index contributed by atoms with van der Waals surface area (Å²) >= 11 is 3.29. The normalized spacial score (nSPS) is 10.7. The van der Waals surface area contributed by atoms with Crippen molar-refractivity contribution in [3.63, 3.8) is 0 Å². The van der Waals surface area contributed by atoms with Gasteiger partial charge in [-0.2, -0.15) is 0 Å². The number of ether oxygens (including phenoxy) is 1. The summed E-state index contributed by atoms with van der Waals surface area (Å²) in [5, 5.41) is 0. The van der Waals surface area contributed by atoms with Crippen molar-refractivity contribution in [2.75, 3.05) is 12.8 Å². The summed E-state index contributed by atoms with van der Waals surface area (Å²) in [6.07, 6.45) is 1.60. The number of nitrogens with zero attached hydrogens (tertiary/aromatic N) is 3. The second kappa shape index (κ2) is 3.75. The largest absolute Gasteiger partial charge is 0.464 e. The Labute approximate surface area is 99.5 Å². The molecule has 0 amide bonds. The van der Waals surface area contributed by atoms with Gasteiger partial charge in [0.15, 0.2) is 11.3 Å². The van der Waals surface area contributed by atoms with E-state index >= 15 is 0 Å². The average molecular weight is 285 g/mol. The molecule has 0 aliphatic carbocycles. The van der Waals surface area contributed by atoms with Gasteiger partial charge in [-0.3, -0.25) is 0 Å². The third-order valence-electron chi connectivity index (χ3n) is 2.20. The Bertz CT molecular complexity index is 578. The molecule has 0 aliphatic heterocycles. The molecule has 2 heterocycles. The topological polar surface area (TPSA) is 83.0 Å². The van der Waals surface area contributed by atoms with Gasteiger partial charge in [0.2, 0.25) is 0 Å². The first-order chi connectivity index (χ1) is 7.56. The average Bonchev–Trinajstić information content (AvgIpc) is 2.64. The predicted molar refractivity (Wildman–Crippen MR) is 62.0 cm³/mol. The molecule has 0 atom stereocenters. The molecule has 2 rings (SSSR count). The van der Waals surface area contributed by atoms with Crippen LogP contribution in [-0.2, 0) is 11.8 Å². The van der Waals surface area contributed by atoms with E-state index in [1.807, 2.05) is 0 Å². The minimum absolute atomic E-state index is 0.0884. The zero-order chi connectivity index (χ0) is 11.9. The Morgan fingerprint density at radius 2 is 2.31 bits per heavy atom. The molecule has 84 valence electrons. The molecule has 0 bridgehead atoms. The van der Waals surface area contributed by atoms with E-state index in [0.29, 0.717) is 15.6 Å².